The van der Waals surface area contributed by atoms with Gasteiger partial charge < -0.3 is 5.73 Å². The van der Waals surface area contributed by atoms with Crippen LogP contribution < -0.4 is 5.73 Å². The minimum Gasteiger partial charge on any atom is -0.350 e. The zero-order chi connectivity index (χ0) is 7.40. The summed E-state index contributed by atoms with van der Waals surface area (Å²) >= 11 is 0. The smallest absolute Gasteiger partial charge is 0.338 e. The molecule has 0 unspecified atom stereocenters. The van der Waals surface area contributed by atoms with Crippen LogP contribution in [-0.2, 0) is 4.84 Å². The summed E-state index contributed by atoms with van der Waals surface area (Å²) in [5, 5.41) is 1.23. The van der Waals surface area contributed by atoms with Crippen molar-refractivity contribution in [3.05, 3.63) is 0 Å². The van der Waals surface area contributed by atoms with Gasteiger partial charge in [-0.25, -0.2) is 9.86 Å². The second-order valence-electron chi connectivity index (χ2n) is 2.33. The van der Waals surface area contributed by atoms with E-state index in [0.29, 0.717) is 13.2 Å². The first-order chi connectivity index (χ1) is 4.80. The molecule has 1 aliphatic rings. The summed E-state index contributed by atoms with van der Waals surface area (Å²) in [7, 11) is 0. The van der Waals surface area contributed by atoms with E-state index >= 15 is 0 Å². The minimum absolute atomic E-state index is 0.484. The maximum atomic E-state index is 10.5. The molecule has 0 radical (unpaired) electrons. The first-order valence-electron chi connectivity index (χ1n) is 3.50. The van der Waals surface area contributed by atoms with Gasteiger partial charge in [0.15, 0.2) is 0 Å². The van der Waals surface area contributed by atoms with Gasteiger partial charge in [-0.05, 0) is 19.3 Å². The van der Waals surface area contributed by atoms with E-state index in [9.17, 15) is 4.79 Å². The first-order valence-corrected chi connectivity index (χ1v) is 3.50. The Labute approximate surface area is 59.9 Å². The van der Waals surface area contributed by atoms with Crippen LogP contribution in [0.25, 0.3) is 0 Å². The molecule has 2 N–H and O–H groups in total. The summed E-state index contributed by atoms with van der Waals surface area (Å²) < 4.78 is 0. The van der Waals surface area contributed by atoms with E-state index in [0.717, 1.165) is 19.3 Å². The number of carbonyl (C=O) groups is 1. The molecular formula is C6H12N2O2. The molecule has 1 saturated heterocycles. The molecule has 0 aliphatic carbocycles. The van der Waals surface area contributed by atoms with Gasteiger partial charge in [-0.15, -0.1) is 0 Å². The average Bonchev–Trinajstić information content (AvgIpc) is 2.12. The van der Waals surface area contributed by atoms with Gasteiger partial charge in [0, 0.05) is 0 Å². The Morgan fingerprint density at radius 1 is 1.40 bits per heavy atom. The van der Waals surface area contributed by atoms with Crippen molar-refractivity contribution < 1.29 is 9.63 Å². The molecule has 0 bridgehead atoms. The Kier molecular flexibility index (Phi) is 2.50. The lowest BCUT2D eigenvalue weighted by molar-refractivity contribution is -0.106. The molecule has 1 heterocycles. The number of hydroxylamine groups is 2. The zero-order valence-corrected chi connectivity index (χ0v) is 5.88. The van der Waals surface area contributed by atoms with Gasteiger partial charge in [-0.3, -0.25) is 4.84 Å². The molecule has 1 aliphatic heterocycles. The number of hydrogen-bond donors (Lipinski definition) is 1. The maximum Gasteiger partial charge on any atom is 0.338 e. The third-order valence-electron chi connectivity index (χ3n) is 1.50. The van der Waals surface area contributed by atoms with Crippen molar-refractivity contribution in [1.29, 1.82) is 0 Å². The summed E-state index contributed by atoms with van der Waals surface area (Å²) in [5.74, 6) is 0. The molecule has 4 heteroatoms. The van der Waals surface area contributed by atoms with E-state index < -0.39 is 6.03 Å². The lowest BCUT2D eigenvalue weighted by atomic mass is 10.2. The molecule has 58 valence electrons. The lowest BCUT2D eigenvalue weighted by Crippen LogP contribution is -2.35. The molecule has 1 rings (SSSR count). The lowest BCUT2D eigenvalue weighted by Gasteiger charge is -2.15. The van der Waals surface area contributed by atoms with Crippen molar-refractivity contribution in [2.75, 3.05) is 13.2 Å². The highest BCUT2D eigenvalue weighted by atomic mass is 16.7. The highest BCUT2D eigenvalue weighted by molar-refractivity contribution is 5.70. The van der Waals surface area contributed by atoms with Crippen LogP contribution in [0.1, 0.15) is 19.3 Å². The fraction of sp³-hybridized carbons (Fsp3) is 0.833. The van der Waals surface area contributed by atoms with Gasteiger partial charge in [0.2, 0.25) is 0 Å². The van der Waals surface area contributed by atoms with Crippen molar-refractivity contribution in [2.24, 2.45) is 5.73 Å². The van der Waals surface area contributed by atoms with Crippen molar-refractivity contribution in [3.63, 3.8) is 0 Å². The summed E-state index contributed by atoms with van der Waals surface area (Å²) in [6, 6.07) is -0.484. The molecule has 1 fully saturated rings. The molecule has 0 aromatic heterocycles. The van der Waals surface area contributed by atoms with E-state index in [1.54, 1.807) is 0 Å². The predicted molar refractivity (Wildman–Crippen MR) is 36.1 cm³/mol. The van der Waals surface area contributed by atoms with E-state index in [-0.39, 0.29) is 0 Å². The van der Waals surface area contributed by atoms with Crippen LogP contribution in [0.4, 0.5) is 4.79 Å². The zero-order valence-electron chi connectivity index (χ0n) is 5.88. The van der Waals surface area contributed by atoms with E-state index in [2.05, 4.69) is 0 Å². The third kappa shape index (κ3) is 1.88. The minimum atomic E-state index is -0.484. The topological polar surface area (TPSA) is 55.6 Å². The summed E-state index contributed by atoms with van der Waals surface area (Å²) in [6.45, 7) is 1.25. The van der Waals surface area contributed by atoms with E-state index in [4.69, 9.17) is 10.6 Å². The Morgan fingerprint density at radius 3 is 2.90 bits per heavy atom. The second-order valence-corrected chi connectivity index (χ2v) is 2.33. The standard InChI is InChI=1S/C6H12N2O2/c7-6(9)8-4-2-1-3-5-10-8/h1-5H2,(H2,7,9). The number of amides is 2. The Morgan fingerprint density at radius 2 is 2.20 bits per heavy atom. The highest BCUT2D eigenvalue weighted by Crippen LogP contribution is 2.05. The predicted octanol–water partition coefficient (Wildman–Crippen LogP) is 0.483. The van der Waals surface area contributed by atoms with E-state index in [1.165, 1.54) is 5.06 Å². The third-order valence-corrected chi connectivity index (χ3v) is 1.50. The maximum absolute atomic E-state index is 10.5. The Balaban J connectivity index is 2.35. The van der Waals surface area contributed by atoms with Gasteiger partial charge in [-0.2, -0.15) is 0 Å². The number of rotatable bonds is 0. The number of nitrogens with two attached hydrogens (primary N) is 1. The number of hydrogen-bond acceptors (Lipinski definition) is 2. The normalized spacial score (nSPS) is 20.2. The monoisotopic (exact) mass is 144 g/mol. The summed E-state index contributed by atoms with van der Waals surface area (Å²) in [5.41, 5.74) is 5.00. The van der Waals surface area contributed by atoms with Gasteiger partial charge in [-0.1, -0.05) is 0 Å². The number of primary amides is 1. The molecule has 0 saturated carbocycles. The highest BCUT2D eigenvalue weighted by Gasteiger charge is 2.11. The Hall–Kier alpha value is -0.770. The van der Waals surface area contributed by atoms with Crippen molar-refractivity contribution >= 4 is 6.03 Å². The van der Waals surface area contributed by atoms with Gasteiger partial charge in [0.1, 0.15) is 0 Å². The van der Waals surface area contributed by atoms with Crippen molar-refractivity contribution in [3.8, 4) is 0 Å². The largest absolute Gasteiger partial charge is 0.350 e. The SMILES string of the molecule is NC(=O)N1CCCCCO1. The van der Waals surface area contributed by atoms with Crippen LogP contribution in [0.3, 0.4) is 0 Å². The van der Waals surface area contributed by atoms with Crippen LogP contribution in [0, 0.1) is 0 Å². The quantitative estimate of drug-likeness (QED) is 0.537. The van der Waals surface area contributed by atoms with Gasteiger partial charge >= 0.3 is 6.03 Å². The molecule has 10 heavy (non-hydrogen) atoms. The summed E-state index contributed by atoms with van der Waals surface area (Å²) in [4.78, 5) is 15.6. The van der Waals surface area contributed by atoms with Crippen LogP contribution in [0.15, 0.2) is 0 Å². The van der Waals surface area contributed by atoms with Crippen LogP contribution >= 0.6 is 0 Å². The van der Waals surface area contributed by atoms with E-state index in [1.807, 2.05) is 0 Å². The fourth-order valence-corrected chi connectivity index (χ4v) is 0.947. The molecule has 4 nitrogen and oxygen atoms in total. The molecular weight excluding hydrogens is 132 g/mol. The molecule has 0 spiro atoms. The van der Waals surface area contributed by atoms with Crippen molar-refractivity contribution in [1.82, 2.24) is 5.06 Å². The fourth-order valence-electron chi connectivity index (χ4n) is 0.947. The molecule has 0 atom stereocenters. The average molecular weight is 144 g/mol. The van der Waals surface area contributed by atoms with Crippen LogP contribution in [0.5, 0.6) is 0 Å². The van der Waals surface area contributed by atoms with Crippen LogP contribution in [-0.4, -0.2) is 24.2 Å². The first kappa shape index (κ1) is 7.34. The van der Waals surface area contributed by atoms with Gasteiger partial charge in [0.25, 0.3) is 0 Å². The number of nitrogens with zero attached hydrogens (tertiary/aromatic N) is 1. The van der Waals surface area contributed by atoms with Crippen LogP contribution in [0.2, 0.25) is 0 Å². The van der Waals surface area contributed by atoms with Crippen molar-refractivity contribution in [2.45, 2.75) is 19.3 Å². The second kappa shape index (κ2) is 3.41. The Bertz CT molecular complexity index is 119. The molecule has 2 amide bonds. The number of urea groups is 1. The van der Waals surface area contributed by atoms with Gasteiger partial charge in [0.05, 0.1) is 13.2 Å². The molecule has 0 aromatic rings. The molecule has 0 aromatic carbocycles. The summed E-state index contributed by atoms with van der Waals surface area (Å²) in [6.07, 6.45) is 3.12. The number of carbonyl (C=O) groups excluding carboxylic acids is 1.